The van der Waals surface area contributed by atoms with Crippen molar-refractivity contribution in [1.82, 2.24) is 39.6 Å². The third-order valence-corrected chi connectivity index (χ3v) is 9.80. The highest BCUT2D eigenvalue weighted by Crippen LogP contribution is 2.28. The molecule has 0 saturated carbocycles. The molecule has 0 radical (unpaired) electrons. The van der Waals surface area contributed by atoms with Crippen LogP contribution in [0.15, 0.2) is 60.7 Å². The SMILES string of the molecule is CCCCS(=O)(=O)Nc1nnc2/c(=C\c3c(-c4ccccc4)[nH]n4c(NS(=O)(=O)CCCC)nnc34)c(-c3ccccc3)nn12. The number of rotatable bonds is 13. The molecule has 6 rings (SSSR count). The number of nitrogens with zero attached hydrogens (tertiary/aromatic N) is 7. The van der Waals surface area contributed by atoms with Gasteiger partial charge < -0.3 is 0 Å². The van der Waals surface area contributed by atoms with Crippen molar-refractivity contribution in [2.75, 3.05) is 20.9 Å². The van der Waals surface area contributed by atoms with Crippen LogP contribution in [0.5, 0.6) is 0 Å². The molecule has 0 spiro atoms. The Labute approximate surface area is 259 Å². The molecule has 0 aliphatic carbocycles. The monoisotopic (exact) mass is 648 g/mol. The summed E-state index contributed by atoms with van der Waals surface area (Å²) in [6.45, 7) is 3.84. The van der Waals surface area contributed by atoms with Gasteiger partial charge in [0.2, 0.25) is 20.0 Å². The first-order valence-electron chi connectivity index (χ1n) is 14.6. The van der Waals surface area contributed by atoms with Gasteiger partial charge in [0.25, 0.3) is 11.9 Å². The Kier molecular flexibility index (Phi) is 8.24. The molecule has 0 saturated heterocycles. The van der Waals surface area contributed by atoms with E-state index in [1.807, 2.05) is 80.6 Å². The molecule has 0 aliphatic rings. The van der Waals surface area contributed by atoms with Gasteiger partial charge in [0.05, 0.1) is 22.4 Å². The molecule has 0 atom stereocenters. The fourth-order valence-electron chi connectivity index (χ4n) is 4.88. The Hall–Kier alpha value is -4.83. The standard InChI is InChI=1S/C29H32N10O4S2/c1-3-5-17-44(40,41)36-28-32-30-26-22(24(34-38(26)28)20-13-9-7-10-14-20)19-23-25(21-15-11-8-12-16-21)35-39-27(23)31-33-29(39)37-45(42,43)18-6-4-2/h7-16,19,34H,3-6,17-18H2,1-2H3,(H,32,36)(H,33,37)/b23-19-. The second-order valence-corrected chi connectivity index (χ2v) is 14.2. The molecule has 4 heterocycles. The van der Waals surface area contributed by atoms with E-state index in [1.165, 1.54) is 9.03 Å². The van der Waals surface area contributed by atoms with E-state index < -0.39 is 20.0 Å². The van der Waals surface area contributed by atoms with Gasteiger partial charge in [-0.25, -0.2) is 30.8 Å². The number of aromatic nitrogens is 8. The maximum absolute atomic E-state index is 12.7. The molecule has 45 heavy (non-hydrogen) atoms. The summed E-state index contributed by atoms with van der Waals surface area (Å²) < 4.78 is 58.9. The van der Waals surface area contributed by atoms with Crippen LogP contribution in [0.4, 0.5) is 11.9 Å². The van der Waals surface area contributed by atoms with E-state index in [1.54, 1.807) is 0 Å². The summed E-state index contributed by atoms with van der Waals surface area (Å²) in [7, 11) is -7.33. The van der Waals surface area contributed by atoms with Crippen molar-refractivity contribution in [3.05, 3.63) is 71.4 Å². The fraction of sp³-hybridized carbons (Fsp3) is 0.276. The summed E-state index contributed by atoms with van der Waals surface area (Å²) in [4.78, 5) is 0. The third kappa shape index (κ3) is 6.23. The average Bonchev–Trinajstić information content (AvgIpc) is 3.79. The van der Waals surface area contributed by atoms with E-state index in [4.69, 9.17) is 5.10 Å². The molecule has 0 aliphatic heterocycles. The van der Waals surface area contributed by atoms with Gasteiger partial charge >= 0.3 is 0 Å². The highest BCUT2D eigenvalue weighted by Gasteiger charge is 2.23. The van der Waals surface area contributed by atoms with Crippen LogP contribution in [0.3, 0.4) is 0 Å². The first-order valence-corrected chi connectivity index (χ1v) is 17.9. The zero-order valence-corrected chi connectivity index (χ0v) is 26.3. The Balaban J connectivity index is 1.57. The minimum Gasteiger partial charge on any atom is -0.288 e. The molecular weight excluding hydrogens is 617 g/mol. The lowest BCUT2D eigenvalue weighted by Crippen LogP contribution is -2.18. The van der Waals surface area contributed by atoms with Crippen molar-refractivity contribution in [3.63, 3.8) is 0 Å². The van der Waals surface area contributed by atoms with Gasteiger partial charge in [-0.15, -0.1) is 20.4 Å². The molecule has 2 aromatic carbocycles. The number of hydrogen-bond acceptors (Lipinski definition) is 9. The summed E-state index contributed by atoms with van der Waals surface area (Å²) in [5.41, 5.74) is 4.04. The number of aromatic amines is 1. The van der Waals surface area contributed by atoms with Crippen LogP contribution < -0.4 is 14.7 Å². The normalized spacial score (nSPS) is 12.8. The van der Waals surface area contributed by atoms with Crippen molar-refractivity contribution in [2.45, 2.75) is 39.5 Å². The second-order valence-electron chi connectivity index (χ2n) is 10.5. The highest BCUT2D eigenvalue weighted by atomic mass is 32.2. The second kappa shape index (κ2) is 12.3. The first kappa shape index (κ1) is 30.2. The van der Waals surface area contributed by atoms with Crippen LogP contribution >= 0.6 is 0 Å². The summed E-state index contributed by atoms with van der Waals surface area (Å²) in [5, 5.41) is 25.5. The lowest BCUT2D eigenvalue weighted by atomic mass is 10.1. The van der Waals surface area contributed by atoms with E-state index in [2.05, 4.69) is 34.9 Å². The molecule has 0 bridgehead atoms. The van der Waals surface area contributed by atoms with Gasteiger partial charge in [0, 0.05) is 16.7 Å². The molecule has 0 amide bonds. The molecule has 3 N–H and O–H groups in total. The lowest BCUT2D eigenvalue weighted by molar-refractivity contribution is 0.595. The van der Waals surface area contributed by atoms with Gasteiger partial charge in [0.1, 0.15) is 5.69 Å². The van der Waals surface area contributed by atoms with Gasteiger partial charge in [0.15, 0.2) is 11.3 Å². The smallest absolute Gasteiger partial charge is 0.259 e. The predicted octanol–water partition coefficient (Wildman–Crippen LogP) is 3.46. The first-order chi connectivity index (χ1) is 21.7. The van der Waals surface area contributed by atoms with Gasteiger partial charge in [-0.1, -0.05) is 87.4 Å². The summed E-state index contributed by atoms with van der Waals surface area (Å²) in [6.07, 6.45) is 4.29. The van der Waals surface area contributed by atoms with Gasteiger partial charge in [-0.3, -0.25) is 5.10 Å². The molecule has 6 aromatic rings. The molecule has 0 fully saturated rings. The molecule has 0 unspecified atom stereocenters. The fourth-order valence-corrected chi connectivity index (χ4v) is 7.23. The zero-order valence-electron chi connectivity index (χ0n) is 24.7. The molecule has 234 valence electrons. The highest BCUT2D eigenvalue weighted by molar-refractivity contribution is 7.92. The van der Waals surface area contributed by atoms with E-state index in [0.717, 1.165) is 24.0 Å². The number of fused-ring (bicyclic) bond motifs is 2. The molecule has 16 heteroatoms. The maximum atomic E-state index is 12.7. The minimum absolute atomic E-state index is 0.0216. The summed E-state index contributed by atoms with van der Waals surface area (Å²) in [5.74, 6) is -0.0912. The van der Waals surface area contributed by atoms with E-state index >= 15 is 0 Å². The number of benzene rings is 2. The van der Waals surface area contributed by atoms with Crippen molar-refractivity contribution >= 4 is 49.3 Å². The molecule has 14 nitrogen and oxygen atoms in total. The van der Waals surface area contributed by atoms with E-state index in [-0.39, 0.29) is 23.4 Å². The lowest BCUT2D eigenvalue weighted by Gasteiger charge is -2.04. The summed E-state index contributed by atoms with van der Waals surface area (Å²) in [6, 6.07) is 18.9. The zero-order chi connectivity index (χ0) is 31.6. The molecule has 4 aromatic heterocycles. The minimum atomic E-state index is -3.67. The van der Waals surface area contributed by atoms with E-state index in [0.29, 0.717) is 46.3 Å². The van der Waals surface area contributed by atoms with Crippen LogP contribution in [0.2, 0.25) is 0 Å². The van der Waals surface area contributed by atoms with Crippen LogP contribution in [0, 0.1) is 0 Å². The average molecular weight is 649 g/mol. The van der Waals surface area contributed by atoms with Crippen LogP contribution in [-0.2, 0) is 20.0 Å². The van der Waals surface area contributed by atoms with Crippen LogP contribution in [0.1, 0.15) is 45.1 Å². The number of unbranched alkanes of at least 4 members (excludes halogenated alkanes) is 2. The number of hydrogen-bond donors (Lipinski definition) is 3. The Morgan fingerprint density at radius 3 is 1.91 bits per heavy atom. The number of anilines is 2. The Morgan fingerprint density at radius 1 is 0.733 bits per heavy atom. The number of nitrogens with one attached hydrogen (secondary N) is 3. The quantitative estimate of drug-likeness (QED) is 0.169. The van der Waals surface area contributed by atoms with Crippen LogP contribution in [0.25, 0.3) is 39.9 Å². The van der Waals surface area contributed by atoms with Crippen LogP contribution in [-0.4, -0.2) is 68.0 Å². The van der Waals surface area contributed by atoms with Gasteiger partial charge in [-0.05, 0) is 18.9 Å². The largest absolute Gasteiger partial charge is 0.288 e. The van der Waals surface area contributed by atoms with Crippen molar-refractivity contribution < 1.29 is 16.8 Å². The molecular formula is C29H32N10O4S2. The van der Waals surface area contributed by atoms with Crippen molar-refractivity contribution in [3.8, 4) is 22.5 Å². The Bertz CT molecular complexity index is 2230. The van der Waals surface area contributed by atoms with E-state index in [9.17, 15) is 16.8 Å². The predicted molar refractivity (Wildman–Crippen MR) is 172 cm³/mol. The number of sulfonamides is 2. The van der Waals surface area contributed by atoms with Crippen molar-refractivity contribution in [2.24, 2.45) is 0 Å². The van der Waals surface area contributed by atoms with Crippen molar-refractivity contribution in [1.29, 1.82) is 0 Å². The third-order valence-electron chi connectivity index (χ3n) is 7.16. The number of H-pyrrole nitrogens is 1. The Morgan fingerprint density at radius 2 is 1.29 bits per heavy atom. The maximum Gasteiger partial charge on any atom is 0.259 e. The summed E-state index contributed by atoms with van der Waals surface area (Å²) >= 11 is 0. The van der Waals surface area contributed by atoms with Gasteiger partial charge in [-0.2, -0.15) is 9.61 Å². The topological polar surface area (TPSA) is 181 Å².